The van der Waals surface area contributed by atoms with Crippen LogP contribution in [-0.4, -0.2) is 12.1 Å². The van der Waals surface area contributed by atoms with Gasteiger partial charge in [0.25, 0.3) is 0 Å². The van der Waals surface area contributed by atoms with Gasteiger partial charge in [-0.2, -0.15) is 0 Å². The van der Waals surface area contributed by atoms with Crippen LogP contribution in [0.5, 0.6) is 0 Å². The summed E-state index contributed by atoms with van der Waals surface area (Å²) < 4.78 is 5.77. The Balaban J connectivity index is 2.94. The number of halogens is 1. The Bertz CT molecular complexity index is 312. The minimum Gasteiger partial charge on any atom is -0.369 e. The molecule has 0 saturated carbocycles. The molecular weight excluding hydrogens is 210 g/mol. The molecule has 1 rings (SSSR count). The minimum atomic E-state index is -0.140. The summed E-state index contributed by atoms with van der Waals surface area (Å²) >= 11 is 6.11. The van der Waals surface area contributed by atoms with Gasteiger partial charge in [0.05, 0.1) is 12.2 Å². The number of rotatable bonds is 4. The Labute approximate surface area is 96.4 Å². The zero-order valence-corrected chi connectivity index (χ0v) is 10.2. The number of hydrogen-bond acceptors (Lipinski definition) is 2. The van der Waals surface area contributed by atoms with Gasteiger partial charge in [-0.3, -0.25) is 0 Å². The van der Waals surface area contributed by atoms with Gasteiger partial charge >= 0.3 is 0 Å². The number of hydrogen-bond donors (Lipinski definition) is 1. The molecule has 1 aromatic rings. The second kappa shape index (κ2) is 5.50. The Kier molecular flexibility index (Phi) is 4.58. The molecule has 2 unspecified atom stereocenters. The third-order valence-corrected chi connectivity index (χ3v) is 2.45. The van der Waals surface area contributed by atoms with Gasteiger partial charge in [-0.05, 0) is 26.8 Å². The zero-order valence-electron chi connectivity index (χ0n) is 9.41. The summed E-state index contributed by atoms with van der Waals surface area (Å²) in [5, 5.41) is 0.709. The molecule has 0 aliphatic rings. The van der Waals surface area contributed by atoms with Crippen LogP contribution in [0.2, 0.25) is 5.02 Å². The Morgan fingerprint density at radius 3 is 2.27 bits per heavy atom. The van der Waals surface area contributed by atoms with E-state index in [0.29, 0.717) is 5.02 Å². The average molecular weight is 228 g/mol. The van der Waals surface area contributed by atoms with Crippen molar-refractivity contribution in [2.45, 2.75) is 39.0 Å². The number of nitrogens with two attached hydrogens (primary N) is 1. The fourth-order valence-electron chi connectivity index (χ4n) is 1.48. The molecule has 0 aliphatic carbocycles. The average Bonchev–Trinajstić information content (AvgIpc) is 2.15. The Morgan fingerprint density at radius 2 is 1.80 bits per heavy atom. The highest BCUT2D eigenvalue weighted by Crippen LogP contribution is 2.28. The first-order chi connectivity index (χ1) is 7.02. The molecule has 0 saturated heterocycles. The number of ether oxygens (including phenoxy) is 1. The highest BCUT2D eigenvalue weighted by molar-refractivity contribution is 6.31. The van der Waals surface area contributed by atoms with Crippen molar-refractivity contribution in [3.8, 4) is 0 Å². The second-order valence-electron chi connectivity index (χ2n) is 3.99. The minimum absolute atomic E-state index is 0.0766. The van der Waals surface area contributed by atoms with Gasteiger partial charge in [-0.1, -0.05) is 29.8 Å². The topological polar surface area (TPSA) is 35.2 Å². The SMILES string of the molecule is CC(C)OC(c1ccccc1Cl)C(C)N. The fraction of sp³-hybridized carbons (Fsp3) is 0.500. The smallest absolute Gasteiger partial charge is 0.0990 e. The summed E-state index contributed by atoms with van der Waals surface area (Å²) in [6.07, 6.45) is -0.00373. The zero-order chi connectivity index (χ0) is 11.4. The largest absolute Gasteiger partial charge is 0.369 e. The van der Waals surface area contributed by atoms with Crippen molar-refractivity contribution in [3.05, 3.63) is 34.9 Å². The molecule has 0 aliphatic heterocycles. The first-order valence-corrected chi connectivity index (χ1v) is 5.55. The molecule has 84 valence electrons. The molecule has 15 heavy (non-hydrogen) atoms. The van der Waals surface area contributed by atoms with Gasteiger partial charge in [0.1, 0.15) is 0 Å². The summed E-state index contributed by atoms with van der Waals surface area (Å²) in [6.45, 7) is 5.91. The molecule has 3 heteroatoms. The van der Waals surface area contributed by atoms with E-state index in [1.54, 1.807) is 0 Å². The van der Waals surface area contributed by atoms with Crippen molar-refractivity contribution in [1.82, 2.24) is 0 Å². The van der Waals surface area contributed by atoms with Crippen molar-refractivity contribution < 1.29 is 4.74 Å². The first-order valence-electron chi connectivity index (χ1n) is 5.18. The Hall–Kier alpha value is -0.570. The molecule has 1 aromatic carbocycles. The highest BCUT2D eigenvalue weighted by atomic mass is 35.5. The van der Waals surface area contributed by atoms with Crippen LogP contribution in [0.25, 0.3) is 0 Å². The standard InChI is InChI=1S/C12H18ClNO/c1-8(2)15-12(9(3)14)10-6-4-5-7-11(10)13/h4-9,12H,14H2,1-3H3. The van der Waals surface area contributed by atoms with Crippen LogP contribution in [0.1, 0.15) is 32.4 Å². The lowest BCUT2D eigenvalue weighted by Gasteiger charge is -2.24. The van der Waals surface area contributed by atoms with Gasteiger partial charge in [0.15, 0.2) is 0 Å². The van der Waals surface area contributed by atoms with Gasteiger partial charge < -0.3 is 10.5 Å². The lowest BCUT2D eigenvalue weighted by atomic mass is 10.0. The number of benzene rings is 1. The van der Waals surface area contributed by atoms with Crippen LogP contribution >= 0.6 is 11.6 Å². The van der Waals surface area contributed by atoms with Gasteiger partial charge in [-0.15, -0.1) is 0 Å². The maximum atomic E-state index is 6.11. The van der Waals surface area contributed by atoms with Crippen LogP contribution in [0, 0.1) is 0 Å². The molecule has 0 spiro atoms. The third kappa shape index (κ3) is 3.49. The lowest BCUT2D eigenvalue weighted by Crippen LogP contribution is -2.29. The Morgan fingerprint density at radius 1 is 1.20 bits per heavy atom. The molecular formula is C12H18ClNO. The van der Waals surface area contributed by atoms with E-state index in [4.69, 9.17) is 22.1 Å². The molecule has 0 bridgehead atoms. The summed E-state index contributed by atoms with van der Waals surface area (Å²) in [5.41, 5.74) is 6.86. The predicted octanol–water partition coefficient (Wildman–Crippen LogP) is 3.15. The van der Waals surface area contributed by atoms with Crippen LogP contribution in [0.15, 0.2) is 24.3 Å². The maximum absolute atomic E-state index is 6.11. The third-order valence-electron chi connectivity index (χ3n) is 2.11. The first kappa shape index (κ1) is 12.5. The summed E-state index contributed by atoms with van der Waals surface area (Å²) in [7, 11) is 0. The van der Waals surface area contributed by atoms with Crippen LogP contribution < -0.4 is 5.73 Å². The van der Waals surface area contributed by atoms with Crippen molar-refractivity contribution in [2.75, 3.05) is 0 Å². The second-order valence-corrected chi connectivity index (χ2v) is 4.39. The quantitative estimate of drug-likeness (QED) is 0.858. The van der Waals surface area contributed by atoms with E-state index >= 15 is 0 Å². The molecule has 2 nitrogen and oxygen atoms in total. The molecule has 0 amide bonds. The molecule has 0 aromatic heterocycles. The lowest BCUT2D eigenvalue weighted by molar-refractivity contribution is -0.00506. The fourth-order valence-corrected chi connectivity index (χ4v) is 1.72. The van der Waals surface area contributed by atoms with E-state index in [-0.39, 0.29) is 18.2 Å². The van der Waals surface area contributed by atoms with E-state index < -0.39 is 0 Å². The molecule has 0 radical (unpaired) electrons. The maximum Gasteiger partial charge on any atom is 0.0990 e. The normalized spacial score (nSPS) is 15.3. The predicted molar refractivity (Wildman–Crippen MR) is 64.1 cm³/mol. The van der Waals surface area contributed by atoms with Crippen molar-refractivity contribution in [1.29, 1.82) is 0 Å². The van der Waals surface area contributed by atoms with Crippen LogP contribution in [0.4, 0.5) is 0 Å². The van der Waals surface area contributed by atoms with E-state index in [1.807, 2.05) is 45.0 Å². The van der Waals surface area contributed by atoms with Gasteiger partial charge in [0, 0.05) is 16.6 Å². The van der Waals surface area contributed by atoms with Gasteiger partial charge in [-0.25, -0.2) is 0 Å². The summed E-state index contributed by atoms with van der Waals surface area (Å²) in [5.74, 6) is 0. The van der Waals surface area contributed by atoms with Crippen molar-refractivity contribution >= 4 is 11.6 Å². The van der Waals surface area contributed by atoms with E-state index in [2.05, 4.69) is 0 Å². The summed E-state index contributed by atoms with van der Waals surface area (Å²) in [6, 6.07) is 7.58. The van der Waals surface area contributed by atoms with Crippen molar-refractivity contribution in [2.24, 2.45) is 5.73 Å². The van der Waals surface area contributed by atoms with Crippen LogP contribution in [-0.2, 0) is 4.74 Å². The molecule has 0 fully saturated rings. The van der Waals surface area contributed by atoms with Crippen molar-refractivity contribution in [3.63, 3.8) is 0 Å². The van der Waals surface area contributed by atoms with E-state index in [1.165, 1.54) is 0 Å². The monoisotopic (exact) mass is 227 g/mol. The highest BCUT2D eigenvalue weighted by Gasteiger charge is 2.20. The molecule has 2 N–H and O–H groups in total. The van der Waals surface area contributed by atoms with E-state index in [9.17, 15) is 0 Å². The molecule has 0 heterocycles. The molecule has 2 atom stereocenters. The van der Waals surface area contributed by atoms with Crippen LogP contribution in [0.3, 0.4) is 0 Å². The summed E-state index contributed by atoms with van der Waals surface area (Å²) in [4.78, 5) is 0. The van der Waals surface area contributed by atoms with E-state index in [0.717, 1.165) is 5.56 Å². The van der Waals surface area contributed by atoms with Gasteiger partial charge in [0.2, 0.25) is 0 Å².